The number of nitrogen functional groups attached to an aromatic ring is 1. The van der Waals surface area contributed by atoms with Crippen molar-refractivity contribution < 1.29 is 4.79 Å². The number of amides is 1. The van der Waals surface area contributed by atoms with Crippen LogP contribution in [0.5, 0.6) is 0 Å². The normalized spacial score (nSPS) is 24.2. The molecule has 3 N–H and O–H groups in total. The molecule has 3 unspecified atom stereocenters. The van der Waals surface area contributed by atoms with Crippen molar-refractivity contribution in [3.8, 4) is 0 Å². The number of para-hydroxylation sites is 2. The van der Waals surface area contributed by atoms with E-state index in [4.69, 9.17) is 5.73 Å². The van der Waals surface area contributed by atoms with Gasteiger partial charge in [-0.3, -0.25) is 9.69 Å². The van der Waals surface area contributed by atoms with Gasteiger partial charge in [-0.2, -0.15) is 0 Å². The average molecular weight is 290 g/mol. The van der Waals surface area contributed by atoms with E-state index in [1.54, 1.807) is 6.07 Å². The topological polar surface area (TPSA) is 61.6 Å². The van der Waals surface area contributed by atoms with Gasteiger partial charge in [-0.25, -0.2) is 0 Å². The predicted molar refractivity (Wildman–Crippen MR) is 87.2 cm³/mol. The van der Waals surface area contributed by atoms with Crippen molar-refractivity contribution in [3.63, 3.8) is 0 Å². The van der Waals surface area contributed by atoms with Gasteiger partial charge in [0.15, 0.2) is 0 Å². The molecule has 1 aromatic rings. The minimum Gasteiger partial charge on any atom is -0.397 e. The monoisotopic (exact) mass is 290 g/mol. The summed E-state index contributed by atoms with van der Waals surface area (Å²) in [7, 11) is 4.19. The molecule has 1 heterocycles. The summed E-state index contributed by atoms with van der Waals surface area (Å²) in [6.45, 7) is 6.07. The number of anilines is 2. The van der Waals surface area contributed by atoms with Crippen LogP contribution in [0.2, 0.25) is 0 Å². The molecule has 5 heteroatoms. The maximum Gasteiger partial charge on any atom is 0.241 e. The highest BCUT2D eigenvalue weighted by Crippen LogP contribution is 2.23. The quantitative estimate of drug-likeness (QED) is 0.825. The highest BCUT2D eigenvalue weighted by atomic mass is 16.2. The van der Waals surface area contributed by atoms with Gasteiger partial charge in [-0.05, 0) is 39.1 Å². The Balaban J connectivity index is 1.99. The van der Waals surface area contributed by atoms with Crippen LogP contribution in [-0.4, -0.2) is 55.0 Å². The second-order valence-electron chi connectivity index (χ2n) is 6.21. The number of nitrogens with two attached hydrogens (primary N) is 1. The molecule has 0 saturated carbocycles. The molecule has 0 bridgehead atoms. The Morgan fingerprint density at radius 2 is 2.05 bits per heavy atom. The Hall–Kier alpha value is -1.59. The summed E-state index contributed by atoms with van der Waals surface area (Å²) in [6.07, 6.45) is 0. The van der Waals surface area contributed by atoms with Crippen LogP contribution in [-0.2, 0) is 4.79 Å². The summed E-state index contributed by atoms with van der Waals surface area (Å²) >= 11 is 0. The summed E-state index contributed by atoms with van der Waals surface area (Å²) in [5, 5.41) is 2.93. The van der Waals surface area contributed by atoms with Crippen molar-refractivity contribution in [2.24, 2.45) is 5.92 Å². The Labute approximate surface area is 127 Å². The van der Waals surface area contributed by atoms with E-state index in [-0.39, 0.29) is 11.9 Å². The molecular weight excluding hydrogens is 264 g/mol. The van der Waals surface area contributed by atoms with E-state index >= 15 is 0 Å². The van der Waals surface area contributed by atoms with E-state index in [0.717, 1.165) is 13.1 Å². The number of carbonyl (C=O) groups excluding carboxylic acids is 1. The second-order valence-corrected chi connectivity index (χ2v) is 6.21. The minimum atomic E-state index is -0.156. The van der Waals surface area contributed by atoms with E-state index in [1.165, 1.54) is 0 Å². The number of hydrogen-bond acceptors (Lipinski definition) is 4. The molecular formula is C16H26N4O. The van der Waals surface area contributed by atoms with Gasteiger partial charge in [0.1, 0.15) is 0 Å². The lowest BCUT2D eigenvalue weighted by Gasteiger charge is -2.25. The SMILES string of the molecule is CC1CN(C(C)C(=O)Nc2ccccc2N)CC1N(C)C. The van der Waals surface area contributed by atoms with E-state index < -0.39 is 0 Å². The second kappa shape index (κ2) is 6.45. The first kappa shape index (κ1) is 15.8. The van der Waals surface area contributed by atoms with Gasteiger partial charge in [0, 0.05) is 19.1 Å². The first-order valence-electron chi connectivity index (χ1n) is 7.46. The number of carbonyl (C=O) groups is 1. The van der Waals surface area contributed by atoms with Crippen molar-refractivity contribution >= 4 is 17.3 Å². The zero-order valence-electron chi connectivity index (χ0n) is 13.3. The van der Waals surface area contributed by atoms with Crippen LogP contribution in [0.25, 0.3) is 0 Å². The first-order valence-corrected chi connectivity index (χ1v) is 7.46. The van der Waals surface area contributed by atoms with Crippen molar-refractivity contribution in [1.82, 2.24) is 9.80 Å². The smallest absolute Gasteiger partial charge is 0.241 e. The predicted octanol–water partition coefficient (Wildman–Crippen LogP) is 1.48. The molecule has 0 spiro atoms. The van der Waals surface area contributed by atoms with E-state index in [2.05, 4.69) is 36.1 Å². The molecule has 2 rings (SSSR count). The lowest BCUT2D eigenvalue weighted by atomic mass is 10.1. The fourth-order valence-electron chi connectivity index (χ4n) is 2.99. The number of nitrogens with one attached hydrogen (secondary N) is 1. The fourth-order valence-corrected chi connectivity index (χ4v) is 2.99. The Morgan fingerprint density at radius 1 is 1.38 bits per heavy atom. The Bertz CT molecular complexity index is 503. The van der Waals surface area contributed by atoms with Crippen LogP contribution in [0.1, 0.15) is 13.8 Å². The molecule has 0 radical (unpaired) electrons. The van der Waals surface area contributed by atoms with Gasteiger partial charge in [0.25, 0.3) is 0 Å². The van der Waals surface area contributed by atoms with E-state index in [0.29, 0.717) is 23.3 Å². The lowest BCUT2D eigenvalue weighted by Crippen LogP contribution is -2.42. The van der Waals surface area contributed by atoms with Crippen LogP contribution in [0.15, 0.2) is 24.3 Å². The minimum absolute atomic E-state index is 0.000457. The molecule has 1 aromatic carbocycles. The van der Waals surface area contributed by atoms with Crippen LogP contribution in [0, 0.1) is 5.92 Å². The van der Waals surface area contributed by atoms with Crippen molar-refractivity contribution in [1.29, 1.82) is 0 Å². The standard InChI is InChI=1S/C16H26N4O/c1-11-9-20(10-15(11)19(3)4)12(2)16(21)18-14-8-6-5-7-13(14)17/h5-8,11-12,15H,9-10,17H2,1-4H3,(H,18,21). The molecule has 116 valence electrons. The summed E-state index contributed by atoms with van der Waals surface area (Å²) in [6, 6.07) is 7.70. The van der Waals surface area contributed by atoms with Gasteiger partial charge in [-0.1, -0.05) is 19.1 Å². The number of likely N-dealkylation sites (tertiary alicyclic amines) is 1. The number of rotatable bonds is 4. The first-order chi connectivity index (χ1) is 9.90. The highest BCUT2D eigenvalue weighted by molar-refractivity contribution is 5.97. The van der Waals surface area contributed by atoms with Crippen LogP contribution < -0.4 is 11.1 Å². The van der Waals surface area contributed by atoms with Gasteiger partial charge in [0.2, 0.25) is 5.91 Å². The third-order valence-corrected chi connectivity index (χ3v) is 4.41. The molecule has 0 aliphatic carbocycles. The van der Waals surface area contributed by atoms with Crippen LogP contribution in [0.4, 0.5) is 11.4 Å². The Kier molecular flexibility index (Phi) is 4.85. The van der Waals surface area contributed by atoms with E-state index in [1.807, 2.05) is 25.1 Å². The third-order valence-electron chi connectivity index (χ3n) is 4.41. The number of nitrogens with zero attached hydrogens (tertiary/aromatic N) is 2. The lowest BCUT2D eigenvalue weighted by molar-refractivity contribution is -0.120. The summed E-state index contributed by atoms with van der Waals surface area (Å²) in [4.78, 5) is 16.9. The van der Waals surface area contributed by atoms with E-state index in [9.17, 15) is 4.79 Å². The molecule has 3 atom stereocenters. The average Bonchev–Trinajstić information content (AvgIpc) is 2.82. The van der Waals surface area contributed by atoms with Crippen molar-refractivity contribution in [2.45, 2.75) is 25.9 Å². The molecule has 1 fully saturated rings. The number of likely N-dealkylation sites (N-methyl/N-ethyl adjacent to an activating group) is 1. The summed E-state index contributed by atoms with van der Waals surface area (Å²) in [5.74, 6) is 0.566. The zero-order valence-corrected chi connectivity index (χ0v) is 13.3. The van der Waals surface area contributed by atoms with Crippen molar-refractivity contribution in [2.75, 3.05) is 38.2 Å². The van der Waals surface area contributed by atoms with Crippen LogP contribution >= 0.6 is 0 Å². The fraction of sp³-hybridized carbons (Fsp3) is 0.562. The number of benzene rings is 1. The zero-order chi connectivity index (χ0) is 15.6. The third kappa shape index (κ3) is 3.54. The maximum absolute atomic E-state index is 12.4. The van der Waals surface area contributed by atoms with Gasteiger partial charge >= 0.3 is 0 Å². The highest BCUT2D eigenvalue weighted by Gasteiger charge is 2.35. The number of hydrogen-bond donors (Lipinski definition) is 2. The summed E-state index contributed by atoms with van der Waals surface area (Å²) < 4.78 is 0. The van der Waals surface area contributed by atoms with Crippen molar-refractivity contribution in [3.05, 3.63) is 24.3 Å². The molecule has 1 amide bonds. The Morgan fingerprint density at radius 3 is 2.62 bits per heavy atom. The molecule has 1 saturated heterocycles. The summed E-state index contributed by atoms with van der Waals surface area (Å²) in [5.41, 5.74) is 7.15. The molecule has 21 heavy (non-hydrogen) atoms. The van der Waals surface area contributed by atoms with Gasteiger partial charge in [-0.15, -0.1) is 0 Å². The maximum atomic E-state index is 12.4. The molecule has 5 nitrogen and oxygen atoms in total. The molecule has 1 aliphatic heterocycles. The molecule has 1 aliphatic rings. The largest absolute Gasteiger partial charge is 0.397 e. The van der Waals surface area contributed by atoms with Gasteiger partial charge in [0.05, 0.1) is 17.4 Å². The van der Waals surface area contributed by atoms with Gasteiger partial charge < -0.3 is 16.0 Å². The molecule has 0 aromatic heterocycles. The van der Waals surface area contributed by atoms with Crippen LogP contribution in [0.3, 0.4) is 0 Å².